The molecule has 20 heavy (non-hydrogen) atoms. The van der Waals surface area contributed by atoms with Crippen LogP contribution in [-0.4, -0.2) is 19.6 Å². The van der Waals surface area contributed by atoms with Crippen LogP contribution in [0.15, 0.2) is 42.7 Å². The first-order chi connectivity index (χ1) is 9.52. The number of halogens is 3. The first-order valence-corrected chi connectivity index (χ1v) is 5.64. The fraction of sp³-hybridized carbons (Fsp3) is 0.0833. The molecule has 0 aliphatic carbocycles. The van der Waals surface area contributed by atoms with E-state index in [0.717, 1.165) is 6.07 Å². The monoisotopic (exact) mass is 279 g/mol. The van der Waals surface area contributed by atoms with Gasteiger partial charge < -0.3 is 5.32 Å². The second-order valence-corrected chi connectivity index (χ2v) is 3.98. The number of pyridine rings is 1. The highest BCUT2D eigenvalue weighted by Crippen LogP contribution is 2.28. The lowest BCUT2D eigenvalue weighted by atomic mass is 10.3. The highest BCUT2D eigenvalue weighted by Gasteiger charge is 2.32. The average molecular weight is 279 g/mol. The zero-order chi connectivity index (χ0) is 14.2. The van der Waals surface area contributed by atoms with Crippen LogP contribution >= 0.6 is 0 Å². The summed E-state index contributed by atoms with van der Waals surface area (Å²) < 4.78 is 39.2. The van der Waals surface area contributed by atoms with E-state index in [0.29, 0.717) is 11.5 Å². The lowest BCUT2D eigenvalue weighted by Gasteiger charge is -2.09. The lowest BCUT2D eigenvalue weighted by Crippen LogP contribution is -2.09. The van der Waals surface area contributed by atoms with Crippen LogP contribution < -0.4 is 5.32 Å². The Morgan fingerprint density at radius 1 is 1.00 bits per heavy atom. The standard InChI is InChI=1S/C12H8F3N5/c13-12(14,15)8-2-1-3-9(17-8)18-10-5-7-20-11(19-10)4-6-16-20/h1-7H,(H,17,18,19). The molecule has 0 unspecified atom stereocenters. The molecule has 0 saturated carbocycles. The Morgan fingerprint density at radius 3 is 2.60 bits per heavy atom. The Balaban J connectivity index is 1.90. The highest BCUT2D eigenvalue weighted by molar-refractivity contribution is 5.54. The maximum atomic E-state index is 12.6. The molecule has 0 bridgehead atoms. The SMILES string of the molecule is FC(F)(F)c1cccc(Nc2ccn3nccc3n2)n1. The third-order valence-corrected chi connectivity index (χ3v) is 2.55. The van der Waals surface area contributed by atoms with Gasteiger partial charge in [-0.2, -0.15) is 18.3 Å². The van der Waals surface area contributed by atoms with Crippen LogP contribution in [0.3, 0.4) is 0 Å². The van der Waals surface area contributed by atoms with Crippen LogP contribution in [0.5, 0.6) is 0 Å². The van der Waals surface area contributed by atoms with Crippen LogP contribution in [0.1, 0.15) is 5.69 Å². The quantitative estimate of drug-likeness (QED) is 0.783. The van der Waals surface area contributed by atoms with Gasteiger partial charge in [0.25, 0.3) is 0 Å². The molecular formula is C12H8F3N5. The molecule has 0 aromatic carbocycles. The fourth-order valence-corrected chi connectivity index (χ4v) is 1.68. The van der Waals surface area contributed by atoms with Crippen molar-refractivity contribution in [1.82, 2.24) is 19.6 Å². The molecule has 0 aliphatic heterocycles. The molecule has 3 aromatic rings. The van der Waals surface area contributed by atoms with Gasteiger partial charge in [-0.1, -0.05) is 6.07 Å². The summed E-state index contributed by atoms with van der Waals surface area (Å²) in [6.45, 7) is 0. The normalized spacial score (nSPS) is 11.8. The second-order valence-electron chi connectivity index (χ2n) is 3.98. The van der Waals surface area contributed by atoms with Gasteiger partial charge in [0, 0.05) is 12.3 Å². The maximum absolute atomic E-state index is 12.6. The van der Waals surface area contributed by atoms with Gasteiger partial charge in [-0.3, -0.25) is 0 Å². The first kappa shape index (κ1) is 12.4. The largest absolute Gasteiger partial charge is 0.433 e. The molecule has 0 amide bonds. The van der Waals surface area contributed by atoms with Gasteiger partial charge in [-0.15, -0.1) is 0 Å². The third kappa shape index (κ3) is 2.40. The minimum atomic E-state index is -4.47. The van der Waals surface area contributed by atoms with Crippen molar-refractivity contribution in [1.29, 1.82) is 0 Å². The van der Waals surface area contributed by atoms with E-state index >= 15 is 0 Å². The Morgan fingerprint density at radius 2 is 1.80 bits per heavy atom. The van der Waals surface area contributed by atoms with E-state index in [2.05, 4.69) is 20.4 Å². The van der Waals surface area contributed by atoms with E-state index in [1.54, 1.807) is 29.0 Å². The Bertz CT molecular complexity index is 750. The molecule has 1 N–H and O–H groups in total. The van der Waals surface area contributed by atoms with Gasteiger partial charge in [0.05, 0.1) is 6.20 Å². The number of anilines is 2. The van der Waals surface area contributed by atoms with Crippen molar-refractivity contribution >= 4 is 17.3 Å². The van der Waals surface area contributed by atoms with Gasteiger partial charge in [0.2, 0.25) is 0 Å². The average Bonchev–Trinajstić information content (AvgIpc) is 2.85. The van der Waals surface area contributed by atoms with Crippen LogP contribution in [0.2, 0.25) is 0 Å². The molecule has 3 aromatic heterocycles. The van der Waals surface area contributed by atoms with E-state index in [1.807, 2.05) is 0 Å². The summed E-state index contributed by atoms with van der Waals surface area (Å²) in [5.74, 6) is 0.473. The molecule has 0 spiro atoms. The van der Waals surface area contributed by atoms with Crippen LogP contribution in [0.25, 0.3) is 5.65 Å². The number of aromatic nitrogens is 4. The Hall–Kier alpha value is -2.64. The smallest absolute Gasteiger partial charge is 0.325 e. The van der Waals surface area contributed by atoms with Crippen molar-refractivity contribution in [2.45, 2.75) is 6.18 Å². The van der Waals surface area contributed by atoms with Gasteiger partial charge in [-0.25, -0.2) is 14.5 Å². The molecule has 5 nitrogen and oxygen atoms in total. The summed E-state index contributed by atoms with van der Waals surface area (Å²) in [5, 5.41) is 6.71. The zero-order valence-corrected chi connectivity index (χ0v) is 9.96. The summed E-state index contributed by atoms with van der Waals surface area (Å²) in [4.78, 5) is 7.70. The number of rotatable bonds is 2. The van der Waals surface area contributed by atoms with Gasteiger partial charge in [0.15, 0.2) is 5.65 Å². The number of alkyl halides is 3. The van der Waals surface area contributed by atoms with E-state index in [4.69, 9.17) is 0 Å². The first-order valence-electron chi connectivity index (χ1n) is 5.64. The topological polar surface area (TPSA) is 55.1 Å². The highest BCUT2D eigenvalue weighted by atomic mass is 19.4. The van der Waals surface area contributed by atoms with Crippen molar-refractivity contribution in [3.63, 3.8) is 0 Å². The Kier molecular flexibility index (Phi) is 2.78. The fourth-order valence-electron chi connectivity index (χ4n) is 1.68. The number of fused-ring (bicyclic) bond motifs is 1. The van der Waals surface area contributed by atoms with Crippen LogP contribution in [0, 0.1) is 0 Å². The van der Waals surface area contributed by atoms with Crippen molar-refractivity contribution in [2.75, 3.05) is 5.32 Å². The van der Waals surface area contributed by atoms with E-state index < -0.39 is 11.9 Å². The van der Waals surface area contributed by atoms with E-state index in [-0.39, 0.29) is 5.82 Å². The number of hydrogen-bond acceptors (Lipinski definition) is 4. The summed E-state index contributed by atoms with van der Waals surface area (Å²) >= 11 is 0. The summed E-state index contributed by atoms with van der Waals surface area (Å²) in [7, 11) is 0. The number of hydrogen-bond donors (Lipinski definition) is 1. The molecule has 0 atom stereocenters. The molecular weight excluding hydrogens is 271 g/mol. The maximum Gasteiger partial charge on any atom is 0.433 e. The molecule has 8 heteroatoms. The van der Waals surface area contributed by atoms with Gasteiger partial charge >= 0.3 is 6.18 Å². The molecule has 102 valence electrons. The van der Waals surface area contributed by atoms with Crippen molar-refractivity contribution < 1.29 is 13.2 Å². The van der Waals surface area contributed by atoms with Crippen molar-refractivity contribution in [3.8, 4) is 0 Å². The summed E-state index contributed by atoms with van der Waals surface area (Å²) in [5.41, 5.74) is -0.366. The van der Waals surface area contributed by atoms with E-state index in [1.165, 1.54) is 12.1 Å². The van der Waals surface area contributed by atoms with Crippen molar-refractivity contribution in [2.24, 2.45) is 0 Å². The van der Waals surface area contributed by atoms with Crippen LogP contribution in [-0.2, 0) is 6.18 Å². The van der Waals surface area contributed by atoms with Crippen LogP contribution in [0.4, 0.5) is 24.8 Å². The summed E-state index contributed by atoms with van der Waals surface area (Å²) in [6.07, 6.45) is -1.24. The second kappa shape index (κ2) is 4.48. The minimum absolute atomic E-state index is 0.0798. The zero-order valence-electron chi connectivity index (χ0n) is 9.96. The number of nitrogens with one attached hydrogen (secondary N) is 1. The number of nitrogens with zero attached hydrogens (tertiary/aromatic N) is 4. The molecule has 0 fully saturated rings. The minimum Gasteiger partial charge on any atom is -0.325 e. The Labute approximate surface area is 111 Å². The third-order valence-electron chi connectivity index (χ3n) is 2.55. The predicted molar refractivity (Wildman–Crippen MR) is 65.5 cm³/mol. The lowest BCUT2D eigenvalue weighted by molar-refractivity contribution is -0.141. The molecule has 3 heterocycles. The van der Waals surface area contributed by atoms with Gasteiger partial charge in [0.1, 0.15) is 17.3 Å². The predicted octanol–water partition coefficient (Wildman–Crippen LogP) is 2.89. The summed E-state index contributed by atoms with van der Waals surface area (Å²) in [6, 6.07) is 6.93. The molecule has 0 aliphatic rings. The molecule has 3 rings (SSSR count). The van der Waals surface area contributed by atoms with Crippen molar-refractivity contribution in [3.05, 3.63) is 48.4 Å². The molecule has 0 saturated heterocycles. The van der Waals surface area contributed by atoms with E-state index in [9.17, 15) is 13.2 Å². The molecule has 0 radical (unpaired) electrons. The van der Waals surface area contributed by atoms with Gasteiger partial charge in [-0.05, 0) is 18.2 Å².